The summed E-state index contributed by atoms with van der Waals surface area (Å²) in [4.78, 5) is 0. The van der Waals surface area contributed by atoms with Crippen LogP contribution in [0.15, 0.2) is 0 Å². The van der Waals surface area contributed by atoms with Crippen LogP contribution in [0.3, 0.4) is 0 Å². The Morgan fingerprint density at radius 3 is 2.00 bits per heavy atom. The zero-order chi connectivity index (χ0) is 9.95. The summed E-state index contributed by atoms with van der Waals surface area (Å²) in [7, 11) is 0. The SMILES string of the molecule is CC[CH]C1(C(C)(C)C)CCCCC1. The molecule has 1 fully saturated rings. The van der Waals surface area contributed by atoms with Crippen molar-refractivity contribution in [1.82, 2.24) is 0 Å². The van der Waals surface area contributed by atoms with Crippen molar-refractivity contribution in [3.63, 3.8) is 0 Å². The third kappa shape index (κ3) is 2.27. The third-order valence-corrected chi connectivity index (χ3v) is 3.83. The van der Waals surface area contributed by atoms with Crippen LogP contribution in [0, 0.1) is 17.3 Å². The zero-order valence-corrected chi connectivity index (χ0v) is 9.82. The number of rotatable bonds is 2. The highest BCUT2D eigenvalue weighted by Gasteiger charge is 2.41. The van der Waals surface area contributed by atoms with Gasteiger partial charge in [-0.1, -0.05) is 53.4 Å². The van der Waals surface area contributed by atoms with Crippen molar-refractivity contribution in [2.45, 2.75) is 66.2 Å². The Bertz CT molecular complexity index is 138. The topological polar surface area (TPSA) is 0 Å². The molecule has 1 aliphatic rings. The lowest BCUT2D eigenvalue weighted by Gasteiger charge is -2.47. The summed E-state index contributed by atoms with van der Waals surface area (Å²) in [6.07, 6.45) is 11.0. The Balaban J connectivity index is 2.73. The molecule has 1 aliphatic carbocycles. The van der Waals surface area contributed by atoms with Gasteiger partial charge in [-0.3, -0.25) is 0 Å². The van der Waals surface area contributed by atoms with Gasteiger partial charge < -0.3 is 0 Å². The highest BCUT2D eigenvalue weighted by molar-refractivity contribution is 5.01. The molecule has 0 aromatic rings. The summed E-state index contributed by atoms with van der Waals surface area (Å²) in [6, 6.07) is 0. The molecule has 0 heterocycles. The minimum Gasteiger partial charge on any atom is -0.0651 e. The summed E-state index contributed by atoms with van der Waals surface area (Å²) < 4.78 is 0. The van der Waals surface area contributed by atoms with Gasteiger partial charge in [0.1, 0.15) is 0 Å². The van der Waals surface area contributed by atoms with Crippen LogP contribution in [0.2, 0.25) is 0 Å². The largest absolute Gasteiger partial charge is 0.0651 e. The van der Waals surface area contributed by atoms with Gasteiger partial charge in [0.15, 0.2) is 0 Å². The molecule has 13 heavy (non-hydrogen) atoms. The third-order valence-electron chi connectivity index (χ3n) is 3.83. The van der Waals surface area contributed by atoms with E-state index in [-0.39, 0.29) is 0 Å². The smallest absolute Gasteiger partial charge is 0.0218 e. The first-order valence-corrected chi connectivity index (χ1v) is 5.86. The molecule has 1 saturated carbocycles. The van der Waals surface area contributed by atoms with Crippen molar-refractivity contribution in [1.29, 1.82) is 0 Å². The van der Waals surface area contributed by atoms with Gasteiger partial charge in [-0.25, -0.2) is 0 Å². The van der Waals surface area contributed by atoms with Crippen LogP contribution in [0.4, 0.5) is 0 Å². The molecule has 77 valence electrons. The summed E-state index contributed by atoms with van der Waals surface area (Å²) >= 11 is 0. The lowest BCUT2D eigenvalue weighted by Crippen LogP contribution is -2.37. The summed E-state index contributed by atoms with van der Waals surface area (Å²) in [6.45, 7) is 9.50. The van der Waals surface area contributed by atoms with Gasteiger partial charge in [-0.2, -0.15) is 0 Å². The fourth-order valence-electron chi connectivity index (χ4n) is 2.83. The van der Waals surface area contributed by atoms with Crippen molar-refractivity contribution in [2.24, 2.45) is 10.8 Å². The quantitative estimate of drug-likeness (QED) is 0.584. The molecule has 0 amide bonds. The van der Waals surface area contributed by atoms with Crippen LogP contribution >= 0.6 is 0 Å². The first kappa shape index (κ1) is 11.1. The van der Waals surface area contributed by atoms with Crippen LogP contribution in [0.5, 0.6) is 0 Å². The summed E-state index contributed by atoms with van der Waals surface area (Å²) in [5.74, 6) is 0. The predicted molar refractivity (Wildman–Crippen MR) is 59.6 cm³/mol. The van der Waals surface area contributed by atoms with E-state index in [1.807, 2.05) is 0 Å². The predicted octanol–water partition coefficient (Wildman–Crippen LogP) is 4.60. The van der Waals surface area contributed by atoms with Crippen LogP contribution < -0.4 is 0 Å². The lowest BCUT2D eigenvalue weighted by atomic mass is 9.57. The van der Waals surface area contributed by atoms with Crippen molar-refractivity contribution < 1.29 is 0 Å². The van der Waals surface area contributed by atoms with E-state index in [2.05, 4.69) is 34.1 Å². The normalized spacial score (nSPS) is 23.1. The lowest BCUT2D eigenvalue weighted by molar-refractivity contribution is 0.0718. The molecule has 0 aliphatic heterocycles. The van der Waals surface area contributed by atoms with Gasteiger partial charge >= 0.3 is 0 Å². The Labute approximate surface area is 84.1 Å². The Morgan fingerprint density at radius 1 is 1.08 bits per heavy atom. The minimum absolute atomic E-state index is 0.462. The van der Waals surface area contributed by atoms with Gasteiger partial charge in [0.2, 0.25) is 0 Å². The Kier molecular flexibility index (Phi) is 3.43. The molecule has 0 heteroatoms. The summed E-state index contributed by atoms with van der Waals surface area (Å²) in [5, 5.41) is 0. The monoisotopic (exact) mass is 181 g/mol. The average Bonchev–Trinajstić information content (AvgIpc) is 2.04. The second-order valence-electron chi connectivity index (χ2n) is 5.58. The molecule has 0 N–H and O–H groups in total. The standard InChI is InChI=1S/C13H25/c1-5-9-13(12(2,3)4)10-7-6-8-11-13/h9H,5-8,10-11H2,1-4H3. The molecule has 0 saturated heterocycles. The van der Waals surface area contributed by atoms with Crippen molar-refractivity contribution in [3.05, 3.63) is 6.42 Å². The van der Waals surface area contributed by atoms with Gasteiger partial charge in [0.05, 0.1) is 0 Å². The number of hydrogen-bond acceptors (Lipinski definition) is 0. The van der Waals surface area contributed by atoms with E-state index in [0.717, 1.165) is 0 Å². The van der Waals surface area contributed by atoms with E-state index in [1.54, 1.807) is 0 Å². The fourth-order valence-corrected chi connectivity index (χ4v) is 2.83. The van der Waals surface area contributed by atoms with Crippen molar-refractivity contribution >= 4 is 0 Å². The first-order chi connectivity index (χ1) is 6.02. The highest BCUT2D eigenvalue weighted by atomic mass is 14.5. The van der Waals surface area contributed by atoms with E-state index in [4.69, 9.17) is 0 Å². The Morgan fingerprint density at radius 2 is 1.62 bits per heavy atom. The second kappa shape index (κ2) is 4.02. The maximum absolute atomic E-state index is 2.59. The molecular formula is C13H25. The molecule has 1 rings (SSSR count). The average molecular weight is 181 g/mol. The van der Waals surface area contributed by atoms with E-state index in [1.165, 1.54) is 38.5 Å². The number of hydrogen-bond donors (Lipinski definition) is 0. The molecule has 0 unspecified atom stereocenters. The maximum atomic E-state index is 2.59. The molecule has 0 aromatic heterocycles. The van der Waals surface area contributed by atoms with Crippen molar-refractivity contribution in [3.8, 4) is 0 Å². The molecule has 0 nitrogen and oxygen atoms in total. The van der Waals surface area contributed by atoms with Gasteiger partial charge in [-0.15, -0.1) is 0 Å². The molecule has 0 aromatic carbocycles. The zero-order valence-electron chi connectivity index (χ0n) is 9.82. The van der Waals surface area contributed by atoms with E-state index in [9.17, 15) is 0 Å². The van der Waals surface area contributed by atoms with Crippen molar-refractivity contribution in [2.75, 3.05) is 0 Å². The molecule has 0 spiro atoms. The van der Waals surface area contributed by atoms with Crippen LogP contribution in [-0.4, -0.2) is 0 Å². The highest BCUT2D eigenvalue weighted by Crippen LogP contribution is 2.51. The fraction of sp³-hybridized carbons (Fsp3) is 0.923. The first-order valence-electron chi connectivity index (χ1n) is 5.86. The molecular weight excluding hydrogens is 156 g/mol. The van der Waals surface area contributed by atoms with Crippen LogP contribution in [-0.2, 0) is 0 Å². The molecule has 1 radical (unpaired) electrons. The van der Waals surface area contributed by atoms with E-state index >= 15 is 0 Å². The Hall–Kier alpha value is 0. The summed E-state index contributed by atoms with van der Waals surface area (Å²) in [5.41, 5.74) is 1.00. The minimum atomic E-state index is 0.462. The van der Waals surface area contributed by atoms with Gasteiger partial charge in [0, 0.05) is 0 Å². The molecule has 0 atom stereocenters. The maximum Gasteiger partial charge on any atom is -0.0218 e. The van der Waals surface area contributed by atoms with Gasteiger partial charge in [-0.05, 0) is 30.1 Å². The molecule has 0 bridgehead atoms. The van der Waals surface area contributed by atoms with E-state index in [0.29, 0.717) is 10.8 Å². The van der Waals surface area contributed by atoms with Crippen LogP contribution in [0.1, 0.15) is 66.2 Å². The van der Waals surface area contributed by atoms with Gasteiger partial charge in [0.25, 0.3) is 0 Å². The second-order valence-corrected chi connectivity index (χ2v) is 5.58. The van der Waals surface area contributed by atoms with Crippen LogP contribution in [0.25, 0.3) is 0 Å². The van der Waals surface area contributed by atoms with E-state index < -0.39 is 0 Å².